The first-order valence-electron chi connectivity index (χ1n) is 4.53. The number of rotatable bonds is 3. The molecule has 1 N–H and O–H groups in total. The molecule has 6 heteroatoms. The summed E-state index contributed by atoms with van der Waals surface area (Å²) in [7, 11) is 1.47. The number of imidazole rings is 1. The molecule has 1 aromatic heterocycles. The molecule has 0 bridgehead atoms. The summed E-state index contributed by atoms with van der Waals surface area (Å²) in [6, 6.07) is 4.68. The zero-order chi connectivity index (χ0) is 11.5. The maximum absolute atomic E-state index is 10.9. The van der Waals surface area contributed by atoms with Gasteiger partial charge in [0.25, 0.3) is 5.69 Å². The van der Waals surface area contributed by atoms with Crippen molar-refractivity contribution in [2.24, 2.45) is 0 Å². The number of aromatic amines is 1. The molecule has 1 aromatic carbocycles. The number of nitrogens with zero attached hydrogens (tertiary/aromatic N) is 2. The molecule has 0 aliphatic heterocycles. The molecule has 0 unspecified atom stereocenters. The summed E-state index contributed by atoms with van der Waals surface area (Å²) in [6.45, 7) is 0. The minimum atomic E-state index is -0.446. The van der Waals surface area contributed by atoms with Gasteiger partial charge in [-0.05, 0) is 12.1 Å². The highest BCUT2D eigenvalue weighted by Gasteiger charge is 2.17. The summed E-state index contributed by atoms with van der Waals surface area (Å²) >= 11 is 0. The van der Waals surface area contributed by atoms with Crippen LogP contribution in [-0.2, 0) is 0 Å². The Bertz CT molecular complexity index is 508. The van der Waals surface area contributed by atoms with Gasteiger partial charge in [-0.3, -0.25) is 10.1 Å². The molecule has 0 fully saturated rings. The van der Waals surface area contributed by atoms with Crippen molar-refractivity contribution >= 4 is 5.69 Å². The van der Waals surface area contributed by atoms with Crippen LogP contribution in [0.15, 0.2) is 30.7 Å². The van der Waals surface area contributed by atoms with Gasteiger partial charge in [0.15, 0.2) is 0 Å². The van der Waals surface area contributed by atoms with E-state index in [-0.39, 0.29) is 5.69 Å². The van der Waals surface area contributed by atoms with Crippen LogP contribution in [0.5, 0.6) is 5.75 Å². The van der Waals surface area contributed by atoms with Crippen LogP contribution in [-0.4, -0.2) is 22.0 Å². The molecule has 1 heterocycles. The molecule has 82 valence electrons. The highest BCUT2D eigenvalue weighted by Crippen LogP contribution is 2.31. The molecule has 0 saturated heterocycles. The third kappa shape index (κ3) is 1.72. The van der Waals surface area contributed by atoms with Gasteiger partial charge < -0.3 is 9.72 Å². The molecule has 16 heavy (non-hydrogen) atoms. The van der Waals surface area contributed by atoms with Gasteiger partial charge in [0, 0.05) is 0 Å². The van der Waals surface area contributed by atoms with E-state index in [0.29, 0.717) is 17.0 Å². The lowest BCUT2D eigenvalue weighted by atomic mass is 10.1. The van der Waals surface area contributed by atoms with E-state index in [9.17, 15) is 10.1 Å². The summed E-state index contributed by atoms with van der Waals surface area (Å²) < 4.78 is 4.95. The minimum absolute atomic E-state index is 0.0106. The molecule has 6 nitrogen and oxygen atoms in total. The second kappa shape index (κ2) is 4.01. The molecule has 0 saturated carbocycles. The predicted octanol–water partition coefficient (Wildman–Crippen LogP) is 1.99. The smallest absolute Gasteiger partial charge is 0.282 e. The van der Waals surface area contributed by atoms with Gasteiger partial charge in [-0.15, -0.1) is 0 Å². The van der Waals surface area contributed by atoms with Gasteiger partial charge >= 0.3 is 0 Å². The molecule has 0 amide bonds. The van der Waals surface area contributed by atoms with Crippen molar-refractivity contribution in [1.82, 2.24) is 9.97 Å². The lowest BCUT2D eigenvalue weighted by molar-refractivity contribution is -0.384. The van der Waals surface area contributed by atoms with E-state index in [4.69, 9.17) is 4.74 Å². The van der Waals surface area contributed by atoms with Crippen LogP contribution in [0.4, 0.5) is 5.69 Å². The standard InChI is InChI=1S/C10H9N3O3/c1-16-7-2-3-8(9-5-11-6-12-9)10(4-7)13(14)15/h2-6H,1H3,(H,11,12). The number of nitro groups is 1. The van der Waals surface area contributed by atoms with Crippen molar-refractivity contribution in [3.05, 3.63) is 40.8 Å². The first-order valence-corrected chi connectivity index (χ1v) is 4.53. The van der Waals surface area contributed by atoms with Crippen LogP contribution in [0, 0.1) is 10.1 Å². The molecular weight excluding hydrogens is 210 g/mol. The van der Waals surface area contributed by atoms with Gasteiger partial charge in [-0.1, -0.05) is 0 Å². The van der Waals surface area contributed by atoms with Crippen molar-refractivity contribution in [2.45, 2.75) is 0 Å². The fourth-order valence-corrected chi connectivity index (χ4v) is 1.42. The molecule has 0 aliphatic rings. The number of methoxy groups -OCH3 is 1. The Balaban J connectivity index is 2.57. The van der Waals surface area contributed by atoms with Crippen LogP contribution in [0.1, 0.15) is 0 Å². The quantitative estimate of drug-likeness (QED) is 0.632. The maximum atomic E-state index is 10.9. The second-order valence-electron chi connectivity index (χ2n) is 3.11. The molecule has 0 aliphatic carbocycles. The van der Waals surface area contributed by atoms with Crippen molar-refractivity contribution in [3.63, 3.8) is 0 Å². The highest BCUT2D eigenvalue weighted by atomic mass is 16.6. The van der Waals surface area contributed by atoms with Crippen LogP contribution in [0.25, 0.3) is 11.3 Å². The van der Waals surface area contributed by atoms with Gasteiger partial charge in [0.05, 0.1) is 41.9 Å². The molecule has 2 aromatic rings. The number of nitrogens with one attached hydrogen (secondary N) is 1. The minimum Gasteiger partial charge on any atom is -0.497 e. The zero-order valence-corrected chi connectivity index (χ0v) is 8.51. The highest BCUT2D eigenvalue weighted by molar-refractivity contribution is 5.71. The fourth-order valence-electron chi connectivity index (χ4n) is 1.42. The first-order chi connectivity index (χ1) is 7.72. The largest absolute Gasteiger partial charge is 0.497 e. The monoisotopic (exact) mass is 219 g/mol. The van der Waals surface area contributed by atoms with E-state index >= 15 is 0 Å². The Morgan fingerprint density at radius 1 is 1.50 bits per heavy atom. The van der Waals surface area contributed by atoms with Gasteiger partial charge in [0.1, 0.15) is 5.75 Å². The van der Waals surface area contributed by atoms with Crippen molar-refractivity contribution in [2.75, 3.05) is 7.11 Å². The van der Waals surface area contributed by atoms with E-state index in [2.05, 4.69) is 9.97 Å². The van der Waals surface area contributed by atoms with Crippen LogP contribution in [0.2, 0.25) is 0 Å². The topological polar surface area (TPSA) is 81.0 Å². The predicted molar refractivity (Wildman–Crippen MR) is 57.2 cm³/mol. The number of benzene rings is 1. The van der Waals surface area contributed by atoms with Gasteiger partial charge in [0.2, 0.25) is 0 Å². The Labute approximate surface area is 91.0 Å². The normalized spacial score (nSPS) is 10.1. The molecule has 0 spiro atoms. The number of hydrogen-bond acceptors (Lipinski definition) is 4. The SMILES string of the molecule is COc1ccc(-c2cnc[nH]2)c([N+](=O)[O-])c1. The zero-order valence-electron chi connectivity index (χ0n) is 8.51. The van der Waals surface area contributed by atoms with Crippen LogP contribution >= 0.6 is 0 Å². The summed E-state index contributed by atoms with van der Waals surface area (Å²) in [5.41, 5.74) is 1.08. The van der Waals surface area contributed by atoms with Crippen molar-refractivity contribution < 1.29 is 9.66 Å². The van der Waals surface area contributed by atoms with E-state index in [0.717, 1.165) is 0 Å². The molecule has 0 atom stereocenters. The summed E-state index contributed by atoms with van der Waals surface area (Å²) in [6.07, 6.45) is 3.01. The molecule has 2 rings (SSSR count). The third-order valence-corrected chi connectivity index (χ3v) is 2.19. The summed E-state index contributed by atoms with van der Waals surface area (Å²) in [5, 5.41) is 10.9. The van der Waals surface area contributed by atoms with Crippen molar-refractivity contribution in [1.29, 1.82) is 0 Å². The number of hydrogen-bond donors (Lipinski definition) is 1. The average molecular weight is 219 g/mol. The van der Waals surface area contributed by atoms with E-state index in [1.165, 1.54) is 25.7 Å². The third-order valence-electron chi connectivity index (χ3n) is 2.19. The Hall–Kier alpha value is -2.37. The number of H-pyrrole nitrogens is 1. The summed E-state index contributed by atoms with van der Waals surface area (Å²) in [4.78, 5) is 17.1. The average Bonchev–Trinajstić information content (AvgIpc) is 2.81. The molecule has 0 radical (unpaired) electrons. The van der Waals surface area contributed by atoms with E-state index < -0.39 is 4.92 Å². The lowest BCUT2D eigenvalue weighted by Crippen LogP contribution is -1.93. The Morgan fingerprint density at radius 2 is 2.31 bits per heavy atom. The van der Waals surface area contributed by atoms with Crippen LogP contribution < -0.4 is 4.74 Å². The number of nitro benzene ring substituents is 1. The van der Waals surface area contributed by atoms with Crippen molar-refractivity contribution in [3.8, 4) is 17.0 Å². The summed E-state index contributed by atoms with van der Waals surface area (Å²) in [5.74, 6) is 0.454. The van der Waals surface area contributed by atoms with Crippen LogP contribution in [0.3, 0.4) is 0 Å². The fraction of sp³-hybridized carbons (Fsp3) is 0.100. The maximum Gasteiger partial charge on any atom is 0.282 e. The lowest BCUT2D eigenvalue weighted by Gasteiger charge is -2.03. The van der Waals surface area contributed by atoms with E-state index in [1.54, 1.807) is 12.1 Å². The number of ether oxygens (including phenoxy) is 1. The molecular formula is C10H9N3O3. The van der Waals surface area contributed by atoms with Gasteiger partial charge in [-0.2, -0.15) is 0 Å². The van der Waals surface area contributed by atoms with E-state index in [1.807, 2.05) is 0 Å². The first kappa shape index (κ1) is 10.2. The van der Waals surface area contributed by atoms with Gasteiger partial charge in [-0.25, -0.2) is 4.98 Å². The second-order valence-corrected chi connectivity index (χ2v) is 3.11. The Kier molecular flexibility index (Phi) is 2.55. The Morgan fingerprint density at radius 3 is 2.88 bits per heavy atom. The number of aromatic nitrogens is 2.